The third-order valence-electron chi connectivity index (χ3n) is 4.29. The molecule has 2 aliphatic rings. The third-order valence-corrected chi connectivity index (χ3v) is 4.56. The molecule has 3 unspecified atom stereocenters. The van der Waals surface area contributed by atoms with Gasteiger partial charge in [0.25, 0.3) is 0 Å². The lowest BCUT2D eigenvalue weighted by atomic mass is 9.93. The molecule has 6 heteroatoms. The molecule has 2 fully saturated rings. The molecule has 5 nitrogen and oxygen atoms in total. The van der Waals surface area contributed by atoms with E-state index in [1.54, 1.807) is 13.3 Å². The third kappa shape index (κ3) is 2.15. The molecular formula is C13H19ClN4O. The molecule has 0 aliphatic carbocycles. The van der Waals surface area contributed by atoms with E-state index >= 15 is 0 Å². The first-order chi connectivity index (χ1) is 9.24. The topological polar surface area (TPSA) is 50.3 Å². The normalized spacial score (nSPS) is 29.6. The molecular weight excluding hydrogens is 264 g/mol. The SMILES string of the molecule is CCC1C2CNCC2CN1c1nc(OC)ncc1Cl. The number of methoxy groups -OCH3 is 1. The van der Waals surface area contributed by atoms with Crippen LogP contribution >= 0.6 is 11.6 Å². The number of hydrogen-bond donors (Lipinski definition) is 1. The number of nitrogens with one attached hydrogen (secondary N) is 1. The average molecular weight is 283 g/mol. The van der Waals surface area contributed by atoms with Crippen molar-refractivity contribution in [2.75, 3.05) is 31.6 Å². The van der Waals surface area contributed by atoms with Crippen LogP contribution in [-0.2, 0) is 0 Å². The van der Waals surface area contributed by atoms with Crippen LogP contribution in [0.1, 0.15) is 13.3 Å². The van der Waals surface area contributed by atoms with Crippen molar-refractivity contribution in [3.05, 3.63) is 11.2 Å². The van der Waals surface area contributed by atoms with E-state index in [0.29, 0.717) is 28.9 Å². The van der Waals surface area contributed by atoms with E-state index in [-0.39, 0.29) is 0 Å². The Labute approximate surface area is 118 Å². The van der Waals surface area contributed by atoms with Crippen LogP contribution < -0.4 is 15.0 Å². The Balaban J connectivity index is 1.93. The fourth-order valence-electron chi connectivity index (χ4n) is 3.43. The quantitative estimate of drug-likeness (QED) is 0.912. The van der Waals surface area contributed by atoms with Gasteiger partial charge >= 0.3 is 6.01 Å². The molecule has 0 amide bonds. The minimum atomic E-state index is 0.379. The molecule has 3 atom stereocenters. The Bertz CT molecular complexity index is 470. The Morgan fingerprint density at radius 3 is 3.11 bits per heavy atom. The standard InChI is InChI=1S/C13H19ClN4O/c1-3-11-9-5-15-4-8(9)7-18(11)12-10(14)6-16-13(17-12)19-2/h6,8-9,11,15H,3-5,7H2,1-2H3. The summed E-state index contributed by atoms with van der Waals surface area (Å²) in [6.45, 7) is 5.43. The van der Waals surface area contributed by atoms with Gasteiger partial charge in [0.1, 0.15) is 5.02 Å². The van der Waals surface area contributed by atoms with Gasteiger partial charge in [-0.3, -0.25) is 0 Å². The van der Waals surface area contributed by atoms with Crippen LogP contribution in [0.25, 0.3) is 0 Å². The van der Waals surface area contributed by atoms with Crippen molar-refractivity contribution < 1.29 is 4.74 Å². The summed E-state index contributed by atoms with van der Waals surface area (Å²) >= 11 is 6.27. The van der Waals surface area contributed by atoms with Crippen molar-refractivity contribution in [3.8, 4) is 6.01 Å². The van der Waals surface area contributed by atoms with Gasteiger partial charge in [-0.05, 0) is 18.3 Å². The van der Waals surface area contributed by atoms with E-state index in [4.69, 9.17) is 16.3 Å². The van der Waals surface area contributed by atoms with Gasteiger partial charge in [0, 0.05) is 25.7 Å². The highest BCUT2D eigenvalue weighted by Crippen LogP contribution is 2.39. The van der Waals surface area contributed by atoms with Gasteiger partial charge in [0.05, 0.1) is 13.3 Å². The number of aromatic nitrogens is 2. The van der Waals surface area contributed by atoms with Crippen molar-refractivity contribution >= 4 is 17.4 Å². The van der Waals surface area contributed by atoms with Crippen molar-refractivity contribution in [1.29, 1.82) is 0 Å². The van der Waals surface area contributed by atoms with Crippen LogP contribution in [0.4, 0.5) is 5.82 Å². The molecule has 1 aromatic rings. The molecule has 3 rings (SSSR count). The average Bonchev–Trinajstić information content (AvgIpc) is 2.99. The summed E-state index contributed by atoms with van der Waals surface area (Å²) in [5, 5.41) is 4.08. The van der Waals surface area contributed by atoms with E-state index in [0.717, 1.165) is 31.9 Å². The van der Waals surface area contributed by atoms with Gasteiger partial charge in [0.2, 0.25) is 0 Å². The molecule has 0 radical (unpaired) electrons. The predicted octanol–water partition coefficient (Wildman–Crippen LogP) is 1.57. The zero-order chi connectivity index (χ0) is 13.4. The number of halogens is 1. The van der Waals surface area contributed by atoms with Crippen LogP contribution in [0, 0.1) is 11.8 Å². The maximum Gasteiger partial charge on any atom is 0.318 e. The molecule has 2 aliphatic heterocycles. The van der Waals surface area contributed by atoms with Crippen molar-refractivity contribution in [2.45, 2.75) is 19.4 Å². The van der Waals surface area contributed by atoms with E-state index < -0.39 is 0 Å². The number of anilines is 1. The van der Waals surface area contributed by atoms with Gasteiger partial charge < -0.3 is 15.0 Å². The zero-order valence-corrected chi connectivity index (χ0v) is 12.0. The first-order valence-electron chi connectivity index (χ1n) is 6.78. The van der Waals surface area contributed by atoms with Gasteiger partial charge in [-0.2, -0.15) is 4.98 Å². The molecule has 0 spiro atoms. The molecule has 1 aromatic heterocycles. The van der Waals surface area contributed by atoms with E-state index in [9.17, 15) is 0 Å². The summed E-state index contributed by atoms with van der Waals surface area (Å²) in [5.74, 6) is 2.21. The summed E-state index contributed by atoms with van der Waals surface area (Å²) in [6.07, 6.45) is 2.73. The van der Waals surface area contributed by atoms with Crippen LogP contribution in [0.2, 0.25) is 5.02 Å². The number of ether oxygens (including phenoxy) is 1. The monoisotopic (exact) mass is 282 g/mol. The van der Waals surface area contributed by atoms with E-state index in [1.165, 1.54) is 0 Å². The lowest BCUT2D eigenvalue weighted by molar-refractivity contribution is 0.379. The Hall–Kier alpha value is -1.07. The maximum atomic E-state index is 6.27. The molecule has 2 saturated heterocycles. The fourth-order valence-corrected chi connectivity index (χ4v) is 3.63. The summed E-state index contributed by atoms with van der Waals surface area (Å²) < 4.78 is 5.11. The Morgan fingerprint density at radius 1 is 1.53 bits per heavy atom. The number of nitrogens with zero attached hydrogens (tertiary/aromatic N) is 3. The summed E-state index contributed by atoms with van der Waals surface area (Å²) in [6, 6.07) is 0.876. The van der Waals surface area contributed by atoms with Gasteiger partial charge in [-0.25, -0.2) is 4.98 Å². The lowest BCUT2D eigenvalue weighted by Crippen LogP contribution is -2.35. The highest BCUT2D eigenvalue weighted by Gasteiger charge is 2.44. The van der Waals surface area contributed by atoms with Crippen LogP contribution in [-0.4, -0.2) is 42.8 Å². The van der Waals surface area contributed by atoms with Crippen LogP contribution in [0.15, 0.2) is 6.20 Å². The van der Waals surface area contributed by atoms with Crippen LogP contribution in [0.3, 0.4) is 0 Å². The van der Waals surface area contributed by atoms with E-state index in [1.807, 2.05) is 0 Å². The molecule has 0 aromatic carbocycles. The molecule has 0 bridgehead atoms. The number of fused-ring (bicyclic) bond motifs is 1. The second-order valence-electron chi connectivity index (χ2n) is 5.24. The minimum Gasteiger partial charge on any atom is -0.467 e. The van der Waals surface area contributed by atoms with E-state index in [2.05, 4.69) is 27.1 Å². The predicted molar refractivity (Wildman–Crippen MR) is 74.9 cm³/mol. The van der Waals surface area contributed by atoms with Gasteiger partial charge in [0.15, 0.2) is 5.82 Å². The Morgan fingerprint density at radius 2 is 2.37 bits per heavy atom. The second-order valence-corrected chi connectivity index (χ2v) is 5.65. The van der Waals surface area contributed by atoms with Gasteiger partial charge in [-0.1, -0.05) is 18.5 Å². The second kappa shape index (κ2) is 5.13. The number of hydrogen-bond acceptors (Lipinski definition) is 5. The maximum absolute atomic E-state index is 6.27. The van der Waals surface area contributed by atoms with Crippen molar-refractivity contribution in [3.63, 3.8) is 0 Å². The number of rotatable bonds is 3. The van der Waals surface area contributed by atoms with Crippen LogP contribution in [0.5, 0.6) is 6.01 Å². The minimum absolute atomic E-state index is 0.379. The molecule has 1 N–H and O–H groups in total. The molecule has 104 valence electrons. The highest BCUT2D eigenvalue weighted by atomic mass is 35.5. The van der Waals surface area contributed by atoms with Crippen molar-refractivity contribution in [2.24, 2.45) is 11.8 Å². The summed E-state index contributed by atoms with van der Waals surface area (Å²) in [5.41, 5.74) is 0. The highest BCUT2D eigenvalue weighted by molar-refractivity contribution is 6.32. The Kier molecular flexibility index (Phi) is 3.50. The van der Waals surface area contributed by atoms with Crippen molar-refractivity contribution in [1.82, 2.24) is 15.3 Å². The molecule has 19 heavy (non-hydrogen) atoms. The fraction of sp³-hybridized carbons (Fsp3) is 0.692. The smallest absolute Gasteiger partial charge is 0.318 e. The summed E-state index contributed by atoms with van der Waals surface area (Å²) in [7, 11) is 1.58. The molecule has 3 heterocycles. The molecule has 0 saturated carbocycles. The zero-order valence-electron chi connectivity index (χ0n) is 11.3. The largest absolute Gasteiger partial charge is 0.467 e. The van der Waals surface area contributed by atoms with Gasteiger partial charge in [-0.15, -0.1) is 0 Å². The summed E-state index contributed by atoms with van der Waals surface area (Å²) in [4.78, 5) is 10.8. The first kappa shape index (κ1) is 12.9. The first-order valence-corrected chi connectivity index (χ1v) is 7.16. The lowest BCUT2D eigenvalue weighted by Gasteiger charge is -2.28.